The van der Waals surface area contributed by atoms with Crippen molar-refractivity contribution in [3.05, 3.63) is 24.0 Å². The summed E-state index contributed by atoms with van der Waals surface area (Å²) in [5.74, 6) is 1.35. The van der Waals surface area contributed by atoms with Gasteiger partial charge in [-0.05, 0) is 0 Å². The van der Waals surface area contributed by atoms with Gasteiger partial charge in [-0.25, -0.2) is 0 Å². The number of halogens is 3. The van der Waals surface area contributed by atoms with E-state index in [-0.39, 0.29) is 11.6 Å². The predicted molar refractivity (Wildman–Crippen MR) is 94.0 cm³/mol. The second-order valence-corrected chi connectivity index (χ2v) is 8.68. The van der Waals surface area contributed by atoms with E-state index in [9.17, 15) is 13.2 Å². The number of nitrogens with zero attached hydrogens (tertiary/aromatic N) is 2. The summed E-state index contributed by atoms with van der Waals surface area (Å²) in [5, 5.41) is 2.40. The normalized spacial score (nSPS) is 34.6. The van der Waals surface area contributed by atoms with E-state index >= 15 is 0 Å². The van der Waals surface area contributed by atoms with Gasteiger partial charge in [0.2, 0.25) is 0 Å². The molecule has 0 bridgehead atoms. The molecule has 0 amide bonds. The van der Waals surface area contributed by atoms with Crippen molar-refractivity contribution in [2.75, 3.05) is 13.1 Å². The summed E-state index contributed by atoms with van der Waals surface area (Å²) >= 11 is -1.54. The quantitative estimate of drug-likeness (QED) is 0.531. The number of nitrogens with one attached hydrogen (secondary N) is 2. The van der Waals surface area contributed by atoms with E-state index in [1.54, 1.807) is 23.9 Å². The fourth-order valence-corrected chi connectivity index (χ4v) is 5.20. The molecule has 25 heavy (non-hydrogen) atoms. The van der Waals surface area contributed by atoms with Crippen molar-refractivity contribution in [3.8, 4) is 0 Å². The Morgan fingerprint density at radius 3 is 2.80 bits per heavy atom. The topological polar surface area (TPSA) is 39.4 Å². The second-order valence-electron chi connectivity index (χ2n) is 6.47. The summed E-state index contributed by atoms with van der Waals surface area (Å²) in [6.07, 6.45) is 7.37. The second kappa shape index (κ2) is 6.89. The molecule has 4 aliphatic rings. The molecule has 2 fully saturated rings. The summed E-state index contributed by atoms with van der Waals surface area (Å²) in [7, 11) is 0. The number of hydrogen-bond acceptors (Lipinski definition) is 2. The zero-order chi connectivity index (χ0) is 18.2. The maximum atomic E-state index is 12.9. The first-order chi connectivity index (χ1) is 11.9. The van der Waals surface area contributed by atoms with Gasteiger partial charge >= 0.3 is 138 Å². The van der Waals surface area contributed by atoms with E-state index in [1.807, 2.05) is 19.9 Å². The molecular formula is C17H24F3N4Se+. The molecular weight excluding hydrogens is 396 g/mol. The van der Waals surface area contributed by atoms with Crippen LogP contribution in [-0.2, 0) is 0 Å². The van der Waals surface area contributed by atoms with Gasteiger partial charge in [0.05, 0.1) is 0 Å². The molecule has 3 unspecified atom stereocenters. The molecule has 3 aliphatic heterocycles. The van der Waals surface area contributed by atoms with Crippen LogP contribution in [0.25, 0.3) is 0 Å². The van der Waals surface area contributed by atoms with Gasteiger partial charge in [-0.2, -0.15) is 0 Å². The first-order valence-electron chi connectivity index (χ1n) is 8.71. The van der Waals surface area contributed by atoms with Crippen LogP contribution in [-0.4, -0.2) is 59.7 Å². The molecule has 1 aliphatic carbocycles. The number of aliphatic imine (C=N–C) groups is 1. The van der Waals surface area contributed by atoms with Crippen molar-refractivity contribution < 1.29 is 17.7 Å². The third-order valence-electron chi connectivity index (χ3n) is 4.91. The average Bonchev–Trinajstić information content (AvgIpc) is 3.21. The van der Waals surface area contributed by atoms with Crippen LogP contribution in [0.4, 0.5) is 13.2 Å². The minimum atomic E-state index is -4.14. The predicted octanol–water partition coefficient (Wildman–Crippen LogP) is 2.20. The van der Waals surface area contributed by atoms with Crippen molar-refractivity contribution >= 4 is 25.4 Å². The van der Waals surface area contributed by atoms with E-state index in [0.717, 1.165) is 31.8 Å². The summed E-state index contributed by atoms with van der Waals surface area (Å²) in [4.78, 5) is 4.95. The van der Waals surface area contributed by atoms with Gasteiger partial charge < -0.3 is 0 Å². The third-order valence-corrected chi connectivity index (χ3v) is 6.92. The van der Waals surface area contributed by atoms with E-state index < -0.39 is 20.0 Å². The molecule has 0 aromatic heterocycles. The van der Waals surface area contributed by atoms with E-state index in [2.05, 4.69) is 10.6 Å². The minimum absolute atomic E-state index is 0.00407. The zero-order valence-electron chi connectivity index (χ0n) is 14.7. The number of alkyl halides is 3. The molecule has 4 nitrogen and oxygen atoms in total. The molecule has 0 aromatic carbocycles. The summed E-state index contributed by atoms with van der Waals surface area (Å²) in [6, 6.07) is -0.218. The van der Waals surface area contributed by atoms with Crippen molar-refractivity contribution in [2.24, 2.45) is 10.9 Å². The van der Waals surface area contributed by atoms with Crippen LogP contribution in [0.3, 0.4) is 0 Å². The van der Waals surface area contributed by atoms with Gasteiger partial charge in [-0.3, -0.25) is 0 Å². The van der Waals surface area contributed by atoms with Crippen LogP contribution in [0.2, 0.25) is 0 Å². The Bertz CT molecular complexity index is 665. The summed E-state index contributed by atoms with van der Waals surface area (Å²) < 4.78 is 40.7. The van der Waals surface area contributed by atoms with Gasteiger partial charge in [0.15, 0.2) is 0 Å². The van der Waals surface area contributed by atoms with Gasteiger partial charge in [0, 0.05) is 0 Å². The number of allylic oxidation sites excluding steroid dienone is 1. The van der Waals surface area contributed by atoms with Crippen LogP contribution in [0, 0.1) is 5.92 Å². The van der Waals surface area contributed by atoms with E-state index in [4.69, 9.17) is 4.99 Å². The molecule has 0 radical (unpaired) electrons. The molecule has 0 spiro atoms. The first kappa shape index (κ1) is 18.7. The van der Waals surface area contributed by atoms with Crippen molar-refractivity contribution in [2.45, 2.75) is 50.3 Å². The van der Waals surface area contributed by atoms with Gasteiger partial charge in [-0.15, -0.1) is 0 Å². The van der Waals surface area contributed by atoms with Crippen LogP contribution >= 0.6 is 0 Å². The van der Waals surface area contributed by atoms with Crippen molar-refractivity contribution in [1.82, 2.24) is 10.6 Å². The number of amidine groups is 1. The van der Waals surface area contributed by atoms with Crippen LogP contribution < -0.4 is 10.6 Å². The Morgan fingerprint density at radius 1 is 1.36 bits per heavy atom. The SMILES string of the molecule is CC.CC1=CC2C(=NC34CCNCC3C4)NC=C[N+]2=C1[Se]C(F)(F)F. The Kier molecular flexibility index (Phi) is 5.15. The molecule has 3 atom stereocenters. The zero-order valence-corrected chi connectivity index (χ0v) is 16.4. The number of fused-ring (bicyclic) bond motifs is 2. The fraction of sp³-hybridized carbons (Fsp3) is 0.647. The first-order valence-corrected chi connectivity index (χ1v) is 10.4. The fourth-order valence-electron chi connectivity index (χ4n) is 3.67. The number of rotatable bonds is 2. The molecule has 0 aromatic rings. The molecule has 1 saturated heterocycles. The van der Waals surface area contributed by atoms with E-state index in [1.165, 1.54) is 0 Å². The Labute approximate surface area is 152 Å². The summed E-state index contributed by atoms with van der Waals surface area (Å²) in [5.41, 5.74) is 0.716. The molecule has 8 heteroatoms. The van der Waals surface area contributed by atoms with Crippen molar-refractivity contribution in [1.29, 1.82) is 0 Å². The maximum absolute atomic E-state index is 12.9. The molecule has 4 rings (SSSR count). The van der Waals surface area contributed by atoms with Crippen LogP contribution in [0.5, 0.6) is 0 Å². The summed E-state index contributed by atoms with van der Waals surface area (Å²) in [6.45, 7) is 7.71. The number of piperidine rings is 1. The Hall–Kier alpha value is -1.11. The van der Waals surface area contributed by atoms with E-state index in [0.29, 0.717) is 16.1 Å². The average molecular weight is 420 g/mol. The third kappa shape index (κ3) is 3.71. The molecule has 2 N–H and O–H groups in total. The molecule has 3 heterocycles. The molecule has 138 valence electrons. The Balaban J connectivity index is 0.000000880. The van der Waals surface area contributed by atoms with Gasteiger partial charge in [0.25, 0.3) is 0 Å². The molecule has 1 saturated carbocycles. The van der Waals surface area contributed by atoms with Gasteiger partial charge in [0.1, 0.15) is 0 Å². The van der Waals surface area contributed by atoms with Crippen LogP contribution in [0.15, 0.2) is 29.0 Å². The van der Waals surface area contributed by atoms with Gasteiger partial charge in [-0.1, -0.05) is 13.8 Å². The monoisotopic (exact) mass is 421 g/mol. The number of hydrogen-bond donors (Lipinski definition) is 2. The van der Waals surface area contributed by atoms with Crippen LogP contribution in [0.1, 0.15) is 33.6 Å². The Morgan fingerprint density at radius 2 is 2.12 bits per heavy atom. The van der Waals surface area contributed by atoms with Crippen molar-refractivity contribution in [3.63, 3.8) is 0 Å². The standard InChI is InChI=1S/C15H18F3N4Se.C2H6/c1-9-6-11-12(21-14-2-3-19-8-10(14)7-14)20-4-5-22(11)13(9)23-15(16,17)18;1-2/h4-6,10-11,19H,2-3,7-8H2,1H3,(H,20,21);1-2H3/q+1;.